The van der Waals surface area contributed by atoms with Crippen molar-refractivity contribution >= 4 is 71.2 Å². The van der Waals surface area contributed by atoms with Crippen LogP contribution in [0.15, 0.2) is 72.8 Å². The smallest absolute Gasteiger partial charge is 0.464 e. The lowest BCUT2D eigenvalue weighted by molar-refractivity contribution is -0.145. The van der Waals surface area contributed by atoms with Crippen molar-refractivity contribution in [3.63, 3.8) is 0 Å². The van der Waals surface area contributed by atoms with Crippen molar-refractivity contribution in [3.8, 4) is 5.75 Å². The Hall–Kier alpha value is -8.89. The van der Waals surface area contributed by atoms with E-state index < -0.39 is 115 Å². The van der Waals surface area contributed by atoms with Gasteiger partial charge in [0.05, 0.1) is 85.6 Å². The van der Waals surface area contributed by atoms with Gasteiger partial charge < -0.3 is 68.0 Å². The molecule has 0 bridgehead atoms. The topological polar surface area (TPSA) is 282 Å². The number of amides is 4. The number of imidazole rings is 2. The Morgan fingerprint density at radius 1 is 0.676 bits per heavy atom. The van der Waals surface area contributed by atoms with Gasteiger partial charge in [-0.1, -0.05) is 32.0 Å². The van der Waals surface area contributed by atoms with Gasteiger partial charge in [0.25, 0.3) is 0 Å². The fourth-order valence-electron chi connectivity index (χ4n) is 15.5. The number of aryl methyl sites for hydroxylation is 2. The van der Waals surface area contributed by atoms with E-state index in [9.17, 15) is 42.7 Å². The Morgan fingerprint density at radius 3 is 1.82 bits per heavy atom. The van der Waals surface area contributed by atoms with Crippen LogP contribution in [0.25, 0.3) is 22.1 Å². The first-order valence-corrected chi connectivity index (χ1v) is 35.6. The number of aromatic amines is 1. The molecule has 24 nitrogen and oxygen atoms in total. The van der Waals surface area contributed by atoms with Gasteiger partial charge in [0, 0.05) is 80.3 Å². The Balaban J connectivity index is 0.971. The van der Waals surface area contributed by atoms with Crippen LogP contribution in [-0.2, 0) is 54.6 Å². The van der Waals surface area contributed by atoms with Crippen LogP contribution in [0.4, 0.5) is 42.9 Å². The summed E-state index contributed by atoms with van der Waals surface area (Å²) in [6.45, 7) is 10.7. The van der Waals surface area contributed by atoms with Gasteiger partial charge in [-0.25, -0.2) is 46.1 Å². The Kier molecular flexibility index (Phi) is 22.3. The number of rotatable bonds is 23. The number of ether oxygens (including phenoxy) is 5. The first kappa shape index (κ1) is 74.3. The molecule has 4 saturated heterocycles. The number of alkyl carbamates (subject to hydrolysis) is 2. The summed E-state index contributed by atoms with van der Waals surface area (Å²) >= 11 is 0. The third kappa shape index (κ3) is 15.6. The zero-order valence-corrected chi connectivity index (χ0v) is 59.4. The van der Waals surface area contributed by atoms with Gasteiger partial charge in [-0.15, -0.1) is 0 Å². The van der Waals surface area contributed by atoms with Crippen LogP contribution in [0.2, 0.25) is 0 Å². The number of likely N-dealkylation sites (tertiary alicyclic amines) is 2. The predicted molar refractivity (Wildman–Crippen MR) is 366 cm³/mol. The van der Waals surface area contributed by atoms with Gasteiger partial charge in [-0.3, -0.25) is 24.2 Å². The Bertz CT molecular complexity index is 4330. The van der Waals surface area contributed by atoms with Crippen LogP contribution in [-0.4, -0.2) is 155 Å². The summed E-state index contributed by atoms with van der Waals surface area (Å²) in [4.78, 5) is 107. The standard InChI is InChI=1S/C72H86F5N10O14P/c1-38-29-39(2)62(60(30-38)101-102(93,94)95)72(5,6)37-61(88)100-28-27-84-59-36-49(75)47(34-54(59)80-67(84)58-14-12-24-86(58)69(90)64(41(4)97-8)82-71(92)99-10)56-20-19-55(87(56)45-31-50(76)65(51(77)32-45)83-25-21-43(22-26-83)42-15-17-44(73)18-16-42)46-33-52-53(35-48(46)74)79-66(78-52)57-13-11-23-85(57)68(89)63(40(3)96-7)81-70(91)98-9/h15-18,29-36,40-41,43,55-58,63-64H,11-14,19-28,37H2,1-10H3,(H,78,79)(H,81,91)(H,82,92)(H2,93,94,95)/t40-,41-,55-,56-,57+,58+,63+,64+/m1/s1. The lowest BCUT2D eigenvalue weighted by Crippen LogP contribution is -2.54. The number of fused-ring (bicyclic) bond motifs is 2. The van der Waals surface area contributed by atoms with E-state index in [1.807, 2.05) is 0 Å². The van der Waals surface area contributed by atoms with Crippen molar-refractivity contribution in [1.29, 1.82) is 0 Å². The number of phosphoric ester groups is 1. The molecule has 0 aliphatic carbocycles. The summed E-state index contributed by atoms with van der Waals surface area (Å²) in [5.74, 6) is -4.96. The van der Waals surface area contributed by atoms with Crippen molar-refractivity contribution < 1.29 is 88.5 Å². The zero-order chi connectivity index (χ0) is 73.4. The van der Waals surface area contributed by atoms with Crippen molar-refractivity contribution in [2.75, 3.05) is 71.0 Å². The highest BCUT2D eigenvalue weighted by Crippen LogP contribution is 2.51. The molecule has 0 saturated carbocycles. The average Bonchev–Trinajstić information content (AvgIpc) is 1.57. The number of methoxy groups -OCH3 is 4. The average molecular weight is 1440 g/mol. The number of piperidine rings is 1. The fourth-order valence-corrected chi connectivity index (χ4v) is 15.9. The number of carbonyl (C=O) groups excluding carboxylic acids is 5. The summed E-state index contributed by atoms with van der Waals surface area (Å²) in [6, 6.07) is 11.4. The highest BCUT2D eigenvalue weighted by atomic mass is 31.2. The lowest BCUT2D eigenvalue weighted by Gasteiger charge is -2.36. The highest BCUT2D eigenvalue weighted by Gasteiger charge is 2.44. The second-order valence-electron chi connectivity index (χ2n) is 27.4. The number of aromatic nitrogens is 4. The monoisotopic (exact) mass is 1440 g/mol. The molecule has 548 valence electrons. The summed E-state index contributed by atoms with van der Waals surface area (Å²) < 4.78 is 129. The van der Waals surface area contributed by atoms with Crippen LogP contribution in [0, 0.1) is 42.9 Å². The molecule has 4 fully saturated rings. The number of phosphoric acid groups is 1. The molecule has 4 amide bonds. The maximum Gasteiger partial charge on any atom is 0.524 e. The van der Waals surface area contributed by atoms with Crippen molar-refractivity contribution in [2.45, 2.75) is 166 Å². The number of anilines is 2. The molecule has 5 N–H and O–H groups in total. The molecule has 6 heterocycles. The molecule has 102 heavy (non-hydrogen) atoms. The number of esters is 1. The molecule has 4 aliphatic rings. The first-order chi connectivity index (χ1) is 48.5. The third-order valence-corrected chi connectivity index (χ3v) is 20.8. The molecule has 5 aromatic carbocycles. The van der Waals surface area contributed by atoms with Crippen LogP contribution < -0.4 is 25.0 Å². The number of H-pyrrole nitrogens is 1. The summed E-state index contributed by atoms with van der Waals surface area (Å²) in [5.41, 5.74) is 2.19. The summed E-state index contributed by atoms with van der Waals surface area (Å²) in [7, 11) is 0.0735. The summed E-state index contributed by atoms with van der Waals surface area (Å²) in [5, 5.41) is 5.15. The number of benzene rings is 5. The molecule has 4 aliphatic heterocycles. The van der Waals surface area contributed by atoms with Gasteiger partial charge in [0.1, 0.15) is 59.2 Å². The van der Waals surface area contributed by atoms with E-state index in [4.69, 9.17) is 38.2 Å². The lowest BCUT2D eigenvalue weighted by atomic mass is 9.78. The molecule has 2 aromatic heterocycles. The number of nitrogens with one attached hydrogen (secondary N) is 3. The third-order valence-electron chi connectivity index (χ3n) is 20.4. The largest absolute Gasteiger partial charge is 0.524 e. The van der Waals surface area contributed by atoms with Crippen LogP contribution in [0.1, 0.15) is 161 Å². The molecule has 0 radical (unpaired) electrons. The minimum Gasteiger partial charge on any atom is -0.464 e. The number of halogens is 5. The van der Waals surface area contributed by atoms with Crippen molar-refractivity contribution in [2.24, 2.45) is 0 Å². The molecule has 11 rings (SSSR count). The van der Waals surface area contributed by atoms with Crippen LogP contribution in [0.3, 0.4) is 0 Å². The normalized spacial score (nSPS) is 19.5. The minimum absolute atomic E-state index is 0.0121. The van der Waals surface area contributed by atoms with Gasteiger partial charge in [-0.2, -0.15) is 0 Å². The van der Waals surface area contributed by atoms with Gasteiger partial charge >= 0.3 is 26.0 Å². The second kappa shape index (κ2) is 30.6. The van der Waals surface area contributed by atoms with Crippen molar-refractivity contribution in [3.05, 3.63) is 147 Å². The maximum absolute atomic E-state index is 18.0. The maximum atomic E-state index is 18.0. The van der Waals surface area contributed by atoms with E-state index in [1.165, 1.54) is 74.8 Å². The van der Waals surface area contributed by atoms with Gasteiger partial charge in [0.15, 0.2) is 11.6 Å². The zero-order valence-electron chi connectivity index (χ0n) is 58.5. The van der Waals surface area contributed by atoms with E-state index in [1.54, 1.807) is 85.1 Å². The van der Waals surface area contributed by atoms with E-state index in [0.29, 0.717) is 73.1 Å². The molecule has 0 spiro atoms. The first-order valence-electron chi connectivity index (χ1n) is 34.1. The number of carbonyl (C=O) groups is 5. The van der Waals surface area contributed by atoms with Gasteiger partial charge in [-0.05, 0) is 144 Å². The number of hydrogen-bond acceptors (Lipinski definition) is 16. The predicted octanol–water partition coefficient (Wildman–Crippen LogP) is 11.9. The molecule has 7 aromatic rings. The second-order valence-corrected chi connectivity index (χ2v) is 28.6. The summed E-state index contributed by atoms with van der Waals surface area (Å²) in [6.07, 6.45) is -0.525. The number of nitrogens with zero attached hydrogens (tertiary/aromatic N) is 7. The molecule has 0 unspecified atom stereocenters. The fraction of sp³-hybridized carbons (Fsp3) is 0.486. The molecular formula is C72H86F5N10O14P. The Labute approximate surface area is 586 Å². The SMILES string of the molecule is COC(=O)N[C@H](C(=O)N1CCC[C@H]1c1nc2cc(F)c([C@H]3CC[C@H](c4cc5nc([C@@H]6CCCN6C(=O)[C@@H](NC(=O)OC)[C@@H](C)OC)n(CCOC(=O)CC(C)(C)c6c(C)cc(C)cc6OP(=O)(O)O)c5cc4F)N3c3cc(F)c(N4CCC(c5ccc(F)cc5)CC4)c(F)c3)cc2[nH]1)[C@@H](C)OC. The minimum atomic E-state index is -5.04. The van der Waals surface area contributed by atoms with E-state index >= 15 is 17.6 Å². The van der Waals surface area contributed by atoms with Crippen molar-refractivity contribution in [1.82, 2.24) is 40.0 Å². The highest BCUT2D eigenvalue weighted by molar-refractivity contribution is 7.46. The van der Waals surface area contributed by atoms with E-state index in [-0.39, 0.29) is 114 Å². The van der Waals surface area contributed by atoms with E-state index in [2.05, 4.69) is 15.6 Å². The van der Waals surface area contributed by atoms with Gasteiger partial charge in [0.2, 0.25) is 11.8 Å². The quantitative estimate of drug-likeness (QED) is 0.0172. The Morgan fingerprint density at radius 2 is 1.25 bits per heavy atom. The molecular weight excluding hydrogens is 1350 g/mol. The number of hydrogen-bond donors (Lipinski definition) is 5. The van der Waals surface area contributed by atoms with Crippen LogP contribution in [0.5, 0.6) is 5.75 Å². The molecule has 30 heteroatoms. The molecule has 8 atom stereocenters. The van der Waals surface area contributed by atoms with E-state index in [0.717, 1.165) is 12.7 Å². The van der Waals surface area contributed by atoms with Crippen LogP contribution >= 0.6 is 7.82 Å².